The van der Waals surface area contributed by atoms with E-state index in [9.17, 15) is 9.59 Å². The quantitative estimate of drug-likeness (QED) is 0.917. The monoisotopic (exact) mass is 334 g/mol. The number of benzene rings is 1. The average Bonchev–Trinajstić information content (AvgIpc) is 2.52. The van der Waals surface area contributed by atoms with Gasteiger partial charge in [0.1, 0.15) is 5.60 Å². The molecule has 2 rings (SSSR count). The van der Waals surface area contributed by atoms with E-state index >= 15 is 0 Å². The molecule has 1 atom stereocenters. The Labute approximate surface area is 143 Å². The molecule has 0 aliphatic carbocycles. The summed E-state index contributed by atoms with van der Waals surface area (Å²) in [5.41, 5.74) is 0.552. The van der Waals surface area contributed by atoms with Crippen LogP contribution in [0.5, 0.6) is 0 Å². The summed E-state index contributed by atoms with van der Waals surface area (Å²) in [6.45, 7) is 7.69. The van der Waals surface area contributed by atoms with E-state index in [1.807, 2.05) is 51.1 Å². The third kappa shape index (κ3) is 5.23. The first kappa shape index (κ1) is 18.3. The maximum Gasteiger partial charge on any atom is 0.410 e. The summed E-state index contributed by atoms with van der Waals surface area (Å²) in [6.07, 6.45) is -0.225. The summed E-state index contributed by atoms with van der Waals surface area (Å²) in [4.78, 5) is 27.1. The van der Waals surface area contributed by atoms with Gasteiger partial charge < -0.3 is 14.7 Å². The number of aliphatic carboxylic acids is 1. The second kappa shape index (κ2) is 7.66. The van der Waals surface area contributed by atoms with Crippen LogP contribution in [-0.4, -0.2) is 58.7 Å². The van der Waals surface area contributed by atoms with Gasteiger partial charge in [-0.05, 0) is 26.3 Å². The summed E-state index contributed by atoms with van der Waals surface area (Å²) in [6, 6.07) is 9.86. The first-order valence-corrected chi connectivity index (χ1v) is 8.25. The summed E-state index contributed by atoms with van der Waals surface area (Å²) < 4.78 is 5.47. The van der Waals surface area contributed by atoms with Crippen LogP contribution in [0.2, 0.25) is 0 Å². The lowest BCUT2D eigenvalue weighted by Crippen LogP contribution is -2.51. The van der Waals surface area contributed by atoms with Crippen molar-refractivity contribution >= 4 is 12.1 Å². The number of hydrogen-bond acceptors (Lipinski definition) is 4. The van der Waals surface area contributed by atoms with Gasteiger partial charge in [0.25, 0.3) is 0 Å². The molecule has 1 aromatic rings. The van der Waals surface area contributed by atoms with Gasteiger partial charge in [0.15, 0.2) is 0 Å². The highest BCUT2D eigenvalue weighted by Gasteiger charge is 2.32. The van der Waals surface area contributed by atoms with Crippen LogP contribution in [0.25, 0.3) is 0 Å². The zero-order chi connectivity index (χ0) is 17.7. The first-order chi connectivity index (χ1) is 11.3. The molecule has 24 heavy (non-hydrogen) atoms. The molecule has 6 nitrogen and oxygen atoms in total. The van der Waals surface area contributed by atoms with E-state index in [2.05, 4.69) is 4.90 Å². The first-order valence-electron chi connectivity index (χ1n) is 8.25. The third-order valence-corrected chi connectivity index (χ3v) is 3.94. The average molecular weight is 334 g/mol. The number of carbonyl (C=O) groups is 2. The van der Waals surface area contributed by atoms with Gasteiger partial charge in [-0.2, -0.15) is 0 Å². The molecule has 1 amide bonds. The minimum absolute atomic E-state index is 0.0215. The lowest BCUT2D eigenvalue weighted by atomic mass is 10.0. The minimum Gasteiger partial charge on any atom is -0.481 e. The number of nitrogens with zero attached hydrogens (tertiary/aromatic N) is 2. The predicted molar refractivity (Wildman–Crippen MR) is 90.8 cm³/mol. The highest BCUT2D eigenvalue weighted by atomic mass is 16.6. The SMILES string of the molecule is CC(C)(C)OC(=O)N1CCN(CCC(=O)O)C(c2ccccc2)C1. The van der Waals surface area contributed by atoms with Gasteiger partial charge in [0.05, 0.1) is 12.5 Å². The maximum atomic E-state index is 12.4. The van der Waals surface area contributed by atoms with Crippen LogP contribution in [0.4, 0.5) is 4.79 Å². The summed E-state index contributed by atoms with van der Waals surface area (Å²) >= 11 is 0. The Hall–Kier alpha value is -2.08. The molecule has 1 aliphatic heterocycles. The maximum absolute atomic E-state index is 12.4. The molecule has 6 heteroatoms. The van der Waals surface area contributed by atoms with Crippen molar-refractivity contribution in [3.63, 3.8) is 0 Å². The molecule has 0 aromatic heterocycles. The van der Waals surface area contributed by atoms with Gasteiger partial charge in [-0.15, -0.1) is 0 Å². The zero-order valence-corrected chi connectivity index (χ0v) is 14.6. The summed E-state index contributed by atoms with van der Waals surface area (Å²) in [7, 11) is 0. The second-order valence-corrected chi connectivity index (χ2v) is 7.03. The van der Waals surface area contributed by atoms with Crippen molar-refractivity contribution in [2.24, 2.45) is 0 Å². The normalized spacial score (nSPS) is 19.1. The van der Waals surface area contributed by atoms with Gasteiger partial charge in [0, 0.05) is 26.2 Å². The Balaban J connectivity index is 2.12. The van der Waals surface area contributed by atoms with Crippen molar-refractivity contribution in [1.82, 2.24) is 9.80 Å². The number of hydrogen-bond donors (Lipinski definition) is 1. The van der Waals surface area contributed by atoms with Crippen molar-refractivity contribution in [2.45, 2.75) is 38.8 Å². The van der Waals surface area contributed by atoms with Crippen molar-refractivity contribution in [2.75, 3.05) is 26.2 Å². The molecule has 1 N–H and O–H groups in total. The second-order valence-electron chi connectivity index (χ2n) is 7.03. The van der Waals surface area contributed by atoms with E-state index in [0.717, 1.165) is 5.56 Å². The Bertz CT molecular complexity index is 568. The van der Waals surface area contributed by atoms with E-state index in [0.29, 0.717) is 26.2 Å². The van der Waals surface area contributed by atoms with Gasteiger partial charge in [0.2, 0.25) is 0 Å². The highest BCUT2D eigenvalue weighted by molar-refractivity contribution is 5.68. The molecule has 1 saturated heterocycles. The Kier molecular flexibility index (Phi) is 5.83. The van der Waals surface area contributed by atoms with Gasteiger partial charge in [-0.3, -0.25) is 9.69 Å². The molecule has 0 spiro atoms. The number of amides is 1. The molecule has 1 heterocycles. The predicted octanol–water partition coefficient (Wildman–Crippen LogP) is 2.76. The molecular weight excluding hydrogens is 308 g/mol. The van der Waals surface area contributed by atoms with Crippen molar-refractivity contribution < 1.29 is 19.4 Å². The van der Waals surface area contributed by atoms with Gasteiger partial charge in [-0.1, -0.05) is 30.3 Å². The summed E-state index contributed by atoms with van der Waals surface area (Å²) in [5.74, 6) is -0.809. The molecule has 1 aromatic carbocycles. The topological polar surface area (TPSA) is 70.1 Å². The fourth-order valence-corrected chi connectivity index (χ4v) is 2.81. The van der Waals surface area contributed by atoms with Gasteiger partial charge >= 0.3 is 12.1 Å². The Morgan fingerprint density at radius 2 is 1.88 bits per heavy atom. The van der Waals surface area contributed by atoms with Crippen molar-refractivity contribution in [3.05, 3.63) is 35.9 Å². The van der Waals surface area contributed by atoms with Crippen LogP contribution in [0.15, 0.2) is 30.3 Å². The van der Waals surface area contributed by atoms with Crippen LogP contribution in [0.1, 0.15) is 38.8 Å². The van der Waals surface area contributed by atoms with E-state index in [1.54, 1.807) is 4.90 Å². The minimum atomic E-state index is -0.809. The molecular formula is C18H26N2O4. The number of rotatable bonds is 4. The van der Waals surface area contributed by atoms with Crippen LogP contribution in [-0.2, 0) is 9.53 Å². The van der Waals surface area contributed by atoms with E-state index in [1.165, 1.54) is 0 Å². The molecule has 132 valence electrons. The molecule has 1 aliphatic rings. The number of carbonyl (C=O) groups excluding carboxylic acids is 1. The lowest BCUT2D eigenvalue weighted by molar-refractivity contribution is -0.137. The fourth-order valence-electron chi connectivity index (χ4n) is 2.81. The number of piperazine rings is 1. The Morgan fingerprint density at radius 3 is 2.46 bits per heavy atom. The van der Waals surface area contributed by atoms with E-state index in [4.69, 9.17) is 9.84 Å². The molecule has 0 radical (unpaired) electrons. The lowest BCUT2D eigenvalue weighted by Gasteiger charge is -2.41. The van der Waals surface area contributed by atoms with E-state index in [-0.39, 0.29) is 18.6 Å². The summed E-state index contributed by atoms with van der Waals surface area (Å²) in [5, 5.41) is 8.96. The third-order valence-electron chi connectivity index (χ3n) is 3.94. The van der Waals surface area contributed by atoms with Crippen LogP contribution in [0, 0.1) is 0 Å². The van der Waals surface area contributed by atoms with Crippen molar-refractivity contribution in [3.8, 4) is 0 Å². The zero-order valence-electron chi connectivity index (χ0n) is 14.6. The largest absolute Gasteiger partial charge is 0.481 e. The van der Waals surface area contributed by atoms with Crippen LogP contribution >= 0.6 is 0 Å². The number of ether oxygens (including phenoxy) is 1. The van der Waals surface area contributed by atoms with E-state index < -0.39 is 11.6 Å². The molecule has 1 fully saturated rings. The smallest absolute Gasteiger partial charge is 0.410 e. The molecule has 0 saturated carbocycles. The van der Waals surface area contributed by atoms with Crippen molar-refractivity contribution in [1.29, 1.82) is 0 Å². The van der Waals surface area contributed by atoms with Crippen LogP contribution < -0.4 is 0 Å². The molecule has 0 bridgehead atoms. The number of carboxylic acids is 1. The van der Waals surface area contributed by atoms with Gasteiger partial charge in [-0.25, -0.2) is 4.79 Å². The molecule has 1 unspecified atom stereocenters. The fraction of sp³-hybridized carbons (Fsp3) is 0.556. The van der Waals surface area contributed by atoms with Crippen LogP contribution in [0.3, 0.4) is 0 Å². The number of carboxylic acid groups (broad SMARTS) is 1. The Morgan fingerprint density at radius 1 is 1.21 bits per heavy atom. The highest BCUT2D eigenvalue weighted by Crippen LogP contribution is 2.26. The standard InChI is InChI=1S/C18H26N2O4/c1-18(2,3)24-17(23)20-12-11-19(10-9-16(21)22)15(13-20)14-7-5-4-6-8-14/h4-8,15H,9-13H2,1-3H3,(H,21,22).